The van der Waals surface area contributed by atoms with Gasteiger partial charge in [0.05, 0.1) is 0 Å². The Balaban J connectivity index is 2.36. The number of nitrogens with zero attached hydrogens (tertiary/aromatic N) is 1. The van der Waals surface area contributed by atoms with Gasteiger partial charge in [-0.3, -0.25) is 0 Å². The van der Waals surface area contributed by atoms with E-state index < -0.39 is 0 Å². The minimum Gasteiger partial charge on any atom is -0.377 e. The lowest BCUT2D eigenvalue weighted by molar-refractivity contribution is 1.13. The monoisotopic (exact) mass is 373 g/mol. The van der Waals surface area contributed by atoms with Gasteiger partial charge in [0.1, 0.15) is 0 Å². The highest BCUT2D eigenvalue weighted by atomic mass is 127. The zero-order chi connectivity index (χ0) is 14.1. The summed E-state index contributed by atoms with van der Waals surface area (Å²) in [5, 5.41) is 2.63. The molecule has 0 atom stereocenters. The molecular weight excluding hydrogens is 357 g/mol. The van der Waals surface area contributed by atoms with Crippen LogP contribution in [0.3, 0.4) is 0 Å². The summed E-state index contributed by atoms with van der Waals surface area (Å²) in [5.41, 5.74) is 3.84. The van der Waals surface area contributed by atoms with Gasteiger partial charge >= 0.3 is 0 Å². The van der Waals surface area contributed by atoms with Gasteiger partial charge in [0.25, 0.3) is 0 Å². The van der Waals surface area contributed by atoms with Crippen LogP contribution in [0.5, 0.6) is 0 Å². The first kappa shape index (κ1) is 13.4. The molecule has 2 heteroatoms. The molecule has 3 rings (SSSR count). The van der Waals surface area contributed by atoms with Gasteiger partial charge < -0.3 is 4.90 Å². The lowest BCUT2D eigenvalue weighted by atomic mass is 9.97. The first-order chi connectivity index (χ1) is 9.68. The molecule has 0 spiro atoms. The molecule has 1 nitrogen and oxygen atoms in total. The van der Waals surface area contributed by atoms with Crippen molar-refractivity contribution in [1.29, 1.82) is 0 Å². The summed E-state index contributed by atoms with van der Waals surface area (Å²) in [5.74, 6) is 0. The normalized spacial score (nSPS) is 10.8. The second kappa shape index (κ2) is 5.44. The first-order valence-electron chi connectivity index (χ1n) is 6.62. The molecule has 0 aromatic heterocycles. The molecule has 0 heterocycles. The van der Waals surface area contributed by atoms with Gasteiger partial charge in [-0.1, -0.05) is 48.5 Å². The molecular formula is C18H16IN. The van der Waals surface area contributed by atoms with E-state index in [0.717, 1.165) is 0 Å². The van der Waals surface area contributed by atoms with Crippen molar-refractivity contribution in [2.75, 3.05) is 19.0 Å². The molecule has 0 aliphatic heterocycles. The van der Waals surface area contributed by atoms with Crippen LogP contribution < -0.4 is 4.90 Å². The maximum Gasteiger partial charge on any atom is 0.0440 e. The van der Waals surface area contributed by atoms with Crippen LogP contribution in [0, 0.1) is 3.57 Å². The summed E-state index contributed by atoms with van der Waals surface area (Å²) in [6.45, 7) is 0. The maximum absolute atomic E-state index is 2.43. The van der Waals surface area contributed by atoms with E-state index in [1.165, 1.54) is 31.2 Å². The van der Waals surface area contributed by atoms with Crippen molar-refractivity contribution < 1.29 is 0 Å². The molecule has 20 heavy (non-hydrogen) atoms. The van der Waals surface area contributed by atoms with Gasteiger partial charge in [-0.05, 0) is 45.7 Å². The Morgan fingerprint density at radius 1 is 0.750 bits per heavy atom. The number of anilines is 1. The molecule has 0 aliphatic rings. The smallest absolute Gasteiger partial charge is 0.0440 e. The van der Waals surface area contributed by atoms with E-state index in [1.807, 2.05) is 0 Å². The highest BCUT2D eigenvalue weighted by Gasteiger charge is 2.11. The van der Waals surface area contributed by atoms with Crippen LogP contribution in [0.1, 0.15) is 0 Å². The van der Waals surface area contributed by atoms with Crippen molar-refractivity contribution >= 4 is 39.1 Å². The summed E-state index contributed by atoms with van der Waals surface area (Å²) in [6, 6.07) is 21.6. The Labute approximate surface area is 133 Å². The molecule has 3 aromatic rings. The second-order valence-corrected chi connectivity index (χ2v) is 6.22. The third-order valence-corrected chi connectivity index (χ3v) is 4.43. The number of fused-ring (bicyclic) bond motifs is 1. The van der Waals surface area contributed by atoms with E-state index in [-0.39, 0.29) is 0 Å². The predicted octanol–water partition coefficient (Wildman–Crippen LogP) is 5.18. The van der Waals surface area contributed by atoms with E-state index in [4.69, 9.17) is 0 Å². The predicted molar refractivity (Wildman–Crippen MR) is 96.4 cm³/mol. The Bertz CT molecular complexity index is 757. The van der Waals surface area contributed by atoms with Crippen molar-refractivity contribution in [2.24, 2.45) is 0 Å². The molecule has 100 valence electrons. The van der Waals surface area contributed by atoms with E-state index >= 15 is 0 Å². The SMILES string of the molecule is CN(C)c1ccccc1-c1cccc2cccc(I)c12. The Morgan fingerprint density at radius 2 is 1.40 bits per heavy atom. The van der Waals surface area contributed by atoms with Crippen LogP contribution in [-0.4, -0.2) is 14.1 Å². The average molecular weight is 373 g/mol. The van der Waals surface area contributed by atoms with Gasteiger partial charge in [-0.15, -0.1) is 0 Å². The number of halogens is 1. The Hall–Kier alpha value is -1.55. The van der Waals surface area contributed by atoms with Crippen molar-refractivity contribution in [3.63, 3.8) is 0 Å². The van der Waals surface area contributed by atoms with E-state index in [0.29, 0.717) is 0 Å². The van der Waals surface area contributed by atoms with Crippen LogP contribution in [0.15, 0.2) is 60.7 Å². The summed E-state index contributed by atoms with van der Waals surface area (Å²) in [7, 11) is 4.18. The molecule has 0 bridgehead atoms. The van der Waals surface area contributed by atoms with Crippen LogP contribution in [0.2, 0.25) is 0 Å². The van der Waals surface area contributed by atoms with Crippen LogP contribution >= 0.6 is 22.6 Å². The molecule has 0 fully saturated rings. The standard InChI is InChI=1S/C18H16IN/c1-20(2)17-12-4-3-9-14(17)15-10-5-7-13-8-6-11-16(19)18(13)15/h3-12H,1-2H3. The lowest BCUT2D eigenvalue weighted by Gasteiger charge is -2.19. The summed E-state index contributed by atoms with van der Waals surface area (Å²) in [6.07, 6.45) is 0. The number of rotatable bonds is 2. The molecule has 3 aromatic carbocycles. The molecule has 0 aliphatic carbocycles. The Morgan fingerprint density at radius 3 is 2.15 bits per heavy atom. The largest absolute Gasteiger partial charge is 0.377 e. The minimum atomic E-state index is 1.25. The van der Waals surface area contributed by atoms with Gasteiger partial charge in [0.2, 0.25) is 0 Å². The van der Waals surface area contributed by atoms with Gasteiger partial charge in [0.15, 0.2) is 0 Å². The topological polar surface area (TPSA) is 3.24 Å². The van der Waals surface area contributed by atoms with Gasteiger partial charge in [0, 0.05) is 34.3 Å². The van der Waals surface area contributed by atoms with Crippen molar-refractivity contribution in [3.8, 4) is 11.1 Å². The molecule has 0 unspecified atom stereocenters. The number of benzene rings is 3. The van der Waals surface area contributed by atoms with E-state index in [2.05, 4.69) is 102 Å². The van der Waals surface area contributed by atoms with Gasteiger partial charge in [-0.2, -0.15) is 0 Å². The third-order valence-electron chi connectivity index (χ3n) is 3.53. The van der Waals surface area contributed by atoms with Crippen molar-refractivity contribution in [3.05, 3.63) is 64.2 Å². The molecule has 0 saturated heterocycles. The highest BCUT2D eigenvalue weighted by Crippen LogP contribution is 2.36. The highest BCUT2D eigenvalue weighted by molar-refractivity contribution is 14.1. The van der Waals surface area contributed by atoms with Crippen molar-refractivity contribution in [1.82, 2.24) is 0 Å². The maximum atomic E-state index is 2.43. The summed E-state index contributed by atoms with van der Waals surface area (Å²) >= 11 is 2.43. The first-order valence-corrected chi connectivity index (χ1v) is 7.70. The van der Waals surface area contributed by atoms with Crippen LogP contribution in [0.4, 0.5) is 5.69 Å². The number of hydrogen-bond acceptors (Lipinski definition) is 1. The van der Waals surface area contributed by atoms with Crippen molar-refractivity contribution in [2.45, 2.75) is 0 Å². The Kier molecular flexibility index (Phi) is 3.66. The van der Waals surface area contributed by atoms with Gasteiger partial charge in [-0.25, -0.2) is 0 Å². The fourth-order valence-corrected chi connectivity index (χ4v) is 3.42. The summed E-state index contributed by atoms with van der Waals surface area (Å²) < 4.78 is 1.30. The molecule has 0 amide bonds. The second-order valence-electron chi connectivity index (χ2n) is 5.06. The van der Waals surface area contributed by atoms with Crippen LogP contribution in [0.25, 0.3) is 21.9 Å². The fourth-order valence-electron chi connectivity index (χ4n) is 2.61. The quantitative estimate of drug-likeness (QED) is 0.560. The minimum absolute atomic E-state index is 1.25. The van der Waals surface area contributed by atoms with E-state index in [9.17, 15) is 0 Å². The summed E-state index contributed by atoms with van der Waals surface area (Å²) in [4.78, 5) is 2.17. The van der Waals surface area contributed by atoms with Crippen LogP contribution in [-0.2, 0) is 0 Å². The molecule has 0 saturated carbocycles. The van der Waals surface area contributed by atoms with E-state index in [1.54, 1.807) is 0 Å². The molecule has 0 N–H and O–H groups in total. The third kappa shape index (κ3) is 2.29. The molecule has 0 radical (unpaired) electrons. The number of hydrogen-bond donors (Lipinski definition) is 0. The fraction of sp³-hybridized carbons (Fsp3) is 0.111. The lowest BCUT2D eigenvalue weighted by Crippen LogP contribution is -2.09. The zero-order valence-corrected chi connectivity index (χ0v) is 13.8. The zero-order valence-electron chi connectivity index (χ0n) is 11.6. The number of para-hydroxylation sites is 1. The average Bonchev–Trinajstić information content (AvgIpc) is 2.47.